The predicted molar refractivity (Wildman–Crippen MR) is 112 cm³/mol. The number of benzene rings is 2. The molecule has 0 bridgehead atoms. The number of aryl methyl sites for hydroxylation is 3. The van der Waals surface area contributed by atoms with Gasteiger partial charge in [0.05, 0.1) is 12.2 Å². The van der Waals surface area contributed by atoms with Crippen molar-refractivity contribution in [1.29, 1.82) is 0 Å². The minimum atomic E-state index is -0.265. The van der Waals surface area contributed by atoms with Crippen LogP contribution in [0.5, 0.6) is 5.75 Å². The van der Waals surface area contributed by atoms with Gasteiger partial charge >= 0.3 is 0 Å². The molecule has 0 aliphatic heterocycles. The normalized spacial score (nSPS) is 10.4. The second kappa shape index (κ2) is 8.52. The van der Waals surface area contributed by atoms with Gasteiger partial charge in [-0.15, -0.1) is 0 Å². The van der Waals surface area contributed by atoms with E-state index in [2.05, 4.69) is 39.7 Å². The monoisotopic (exact) mass is 376 g/mol. The number of nitrogens with zero attached hydrogens (tertiary/aromatic N) is 2. The fourth-order valence-corrected chi connectivity index (χ4v) is 3.00. The van der Waals surface area contributed by atoms with Crippen LogP contribution in [0.1, 0.15) is 34.0 Å². The van der Waals surface area contributed by atoms with Crippen LogP contribution in [0.15, 0.2) is 48.8 Å². The molecule has 0 saturated carbocycles. The summed E-state index contributed by atoms with van der Waals surface area (Å²) in [5.41, 5.74) is 5.51. The summed E-state index contributed by atoms with van der Waals surface area (Å²) in [7, 11) is 0. The van der Waals surface area contributed by atoms with Crippen LogP contribution >= 0.6 is 0 Å². The maximum absolute atomic E-state index is 12.4. The predicted octanol–water partition coefficient (Wildman–Crippen LogP) is 4.80. The Bertz CT molecular complexity index is 944. The van der Waals surface area contributed by atoms with E-state index in [9.17, 15) is 4.79 Å². The van der Waals surface area contributed by atoms with Crippen molar-refractivity contribution in [2.45, 2.75) is 27.7 Å². The van der Waals surface area contributed by atoms with Gasteiger partial charge in [0, 0.05) is 23.8 Å². The van der Waals surface area contributed by atoms with Crippen molar-refractivity contribution in [3.8, 4) is 5.75 Å². The molecule has 3 rings (SSSR count). The lowest BCUT2D eigenvalue weighted by atomic mass is 10.1. The zero-order chi connectivity index (χ0) is 20.1. The molecule has 0 spiro atoms. The molecular formula is C22H24N4O2. The van der Waals surface area contributed by atoms with Crippen molar-refractivity contribution in [2.24, 2.45) is 0 Å². The van der Waals surface area contributed by atoms with Crippen molar-refractivity contribution in [3.05, 3.63) is 71.0 Å². The molecule has 3 aromatic rings. The van der Waals surface area contributed by atoms with Crippen LogP contribution in [0.2, 0.25) is 0 Å². The molecule has 0 unspecified atom stereocenters. The summed E-state index contributed by atoms with van der Waals surface area (Å²) < 4.78 is 5.40. The number of hydrogen-bond acceptors (Lipinski definition) is 5. The van der Waals surface area contributed by atoms with E-state index < -0.39 is 0 Å². The Labute approximate surface area is 165 Å². The Hall–Kier alpha value is -3.41. The minimum Gasteiger partial charge on any atom is -0.494 e. The van der Waals surface area contributed by atoms with Crippen molar-refractivity contribution in [2.75, 3.05) is 17.2 Å². The Morgan fingerprint density at radius 1 is 1.00 bits per heavy atom. The second-order valence-electron chi connectivity index (χ2n) is 6.61. The number of hydrogen-bond donors (Lipinski definition) is 2. The van der Waals surface area contributed by atoms with E-state index in [1.54, 1.807) is 12.1 Å². The van der Waals surface area contributed by atoms with Crippen LogP contribution < -0.4 is 15.4 Å². The number of ether oxygens (including phenoxy) is 1. The molecule has 2 N–H and O–H groups in total. The molecule has 28 heavy (non-hydrogen) atoms. The Balaban J connectivity index is 1.67. The first kappa shape index (κ1) is 19.4. The van der Waals surface area contributed by atoms with Crippen LogP contribution in [-0.2, 0) is 0 Å². The second-order valence-corrected chi connectivity index (χ2v) is 6.61. The number of amides is 1. The van der Waals surface area contributed by atoms with Crippen molar-refractivity contribution >= 4 is 23.2 Å². The topological polar surface area (TPSA) is 76.1 Å². The fraction of sp³-hybridized carbons (Fsp3) is 0.227. The highest BCUT2D eigenvalue weighted by Crippen LogP contribution is 2.24. The van der Waals surface area contributed by atoms with Crippen LogP contribution in [0.25, 0.3) is 0 Å². The smallest absolute Gasteiger partial charge is 0.258 e. The van der Waals surface area contributed by atoms with Gasteiger partial charge in [-0.3, -0.25) is 4.79 Å². The van der Waals surface area contributed by atoms with Gasteiger partial charge in [-0.05, 0) is 63.1 Å². The zero-order valence-electron chi connectivity index (χ0n) is 16.5. The van der Waals surface area contributed by atoms with Gasteiger partial charge in [-0.25, -0.2) is 9.97 Å². The Kier molecular flexibility index (Phi) is 5.89. The molecule has 0 aliphatic rings. The van der Waals surface area contributed by atoms with E-state index in [1.807, 2.05) is 32.9 Å². The standard InChI is InChI=1S/C22H24N4O2/c1-5-28-19-8-6-18(7-9-19)25-21(27)17-12-23-22(24-13-17)26-20-15(3)10-14(2)11-16(20)4/h6-13H,5H2,1-4H3,(H,25,27)(H,23,24,26). The van der Waals surface area contributed by atoms with Gasteiger partial charge in [0.1, 0.15) is 5.75 Å². The highest BCUT2D eigenvalue weighted by Gasteiger charge is 2.10. The highest BCUT2D eigenvalue weighted by atomic mass is 16.5. The molecule has 2 aromatic carbocycles. The van der Waals surface area contributed by atoms with Crippen molar-refractivity contribution < 1.29 is 9.53 Å². The number of carbonyl (C=O) groups is 1. The zero-order valence-corrected chi connectivity index (χ0v) is 16.5. The van der Waals surface area contributed by atoms with Gasteiger partial charge in [0.15, 0.2) is 0 Å². The summed E-state index contributed by atoms with van der Waals surface area (Å²) in [5, 5.41) is 6.06. The molecule has 6 heteroatoms. The van der Waals surface area contributed by atoms with Crippen LogP contribution in [0, 0.1) is 20.8 Å². The summed E-state index contributed by atoms with van der Waals surface area (Å²) in [4.78, 5) is 21.0. The molecule has 1 heterocycles. The number of carbonyl (C=O) groups excluding carboxylic acids is 1. The highest BCUT2D eigenvalue weighted by molar-refractivity contribution is 6.03. The molecule has 1 aromatic heterocycles. The Morgan fingerprint density at radius 3 is 2.18 bits per heavy atom. The molecule has 0 radical (unpaired) electrons. The van der Waals surface area contributed by atoms with E-state index in [-0.39, 0.29) is 5.91 Å². The minimum absolute atomic E-state index is 0.265. The number of anilines is 3. The average Bonchev–Trinajstić information content (AvgIpc) is 2.67. The third-order valence-corrected chi connectivity index (χ3v) is 4.25. The molecule has 0 saturated heterocycles. The van der Waals surface area contributed by atoms with Gasteiger partial charge in [-0.2, -0.15) is 0 Å². The molecule has 0 fully saturated rings. The Morgan fingerprint density at radius 2 is 1.61 bits per heavy atom. The SMILES string of the molecule is CCOc1ccc(NC(=O)c2cnc(Nc3c(C)cc(C)cc3C)nc2)cc1. The molecule has 0 atom stereocenters. The third-order valence-electron chi connectivity index (χ3n) is 4.25. The lowest BCUT2D eigenvalue weighted by molar-refractivity contribution is 0.102. The first-order valence-electron chi connectivity index (χ1n) is 9.17. The molecular weight excluding hydrogens is 352 g/mol. The van der Waals surface area contributed by atoms with Gasteiger partial charge in [0.25, 0.3) is 5.91 Å². The molecule has 144 valence electrons. The number of aromatic nitrogens is 2. The summed E-state index contributed by atoms with van der Waals surface area (Å²) in [5.74, 6) is 0.951. The quantitative estimate of drug-likeness (QED) is 0.646. The number of nitrogens with one attached hydrogen (secondary N) is 2. The maximum atomic E-state index is 12.4. The van der Waals surface area contributed by atoms with Crippen molar-refractivity contribution in [3.63, 3.8) is 0 Å². The van der Waals surface area contributed by atoms with E-state index in [1.165, 1.54) is 18.0 Å². The van der Waals surface area contributed by atoms with Crippen LogP contribution in [0.3, 0.4) is 0 Å². The fourth-order valence-electron chi connectivity index (χ4n) is 3.00. The van der Waals surface area contributed by atoms with Gasteiger partial charge in [0.2, 0.25) is 5.95 Å². The summed E-state index contributed by atoms with van der Waals surface area (Å²) in [6, 6.07) is 11.4. The van der Waals surface area contributed by atoms with Crippen LogP contribution in [-0.4, -0.2) is 22.5 Å². The lowest BCUT2D eigenvalue weighted by Crippen LogP contribution is -2.13. The lowest BCUT2D eigenvalue weighted by Gasteiger charge is -2.13. The first-order valence-corrected chi connectivity index (χ1v) is 9.17. The molecule has 0 aliphatic carbocycles. The van der Waals surface area contributed by atoms with E-state index >= 15 is 0 Å². The van der Waals surface area contributed by atoms with E-state index in [0.29, 0.717) is 23.8 Å². The first-order chi connectivity index (χ1) is 13.5. The molecule has 6 nitrogen and oxygen atoms in total. The summed E-state index contributed by atoms with van der Waals surface area (Å²) >= 11 is 0. The summed E-state index contributed by atoms with van der Waals surface area (Å²) in [6.07, 6.45) is 3.02. The van der Waals surface area contributed by atoms with Gasteiger partial charge in [-0.1, -0.05) is 17.7 Å². The van der Waals surface area contributed by atoms with E-state index in [0.717, 1.165) is 22.6 Å². The van der Waals surface area contributed by atoms with Crippen molar-refractivity contribution in [1.82, 2.24) is 9.97 Å². The average molecular weight is 376 g/mol. The molecule has 1 amide bonds. The number of rotatable bonds is 6. The largest absolute Gasteiger partial charge is 0.494 e. The van der Waals surface area contributed by atoms with Crippen LogP contribution in [0.4, 0.5) is 17.3 Å². The van der Waals surface area contributed by atoms with E-state index in [4.69, 9.17) is 4.74 Å². The third kappa shape index (κ3) is 4.65. The maximum Gasteiger partial charge on any atom is 0.258 e. The van der Waals surface area contributed by atoms with Gasteiger partial charge < -0.3 is 15.4 Å². The summed E-state index contributed by atoms with van der Waals surface area (Å²) in [6.45, 7) is 8.68.